The van der Waals surface area contributed by atoms with Gasteiger partial charge >= 0.3 is 0 Å². The number of hydrogen-bond acceptors (Lipinski definition) is 4. The maximum absolute atomic E-state index is 14.3. The van der Waals surface area contributed by atoms with E-state index in [1.54, 1.807) is 7.11 Å². The summed E-state index contributed by atoms with van der Waals surface area (Å²) in [5, 5.41) is 0. The molecule has 0 N–H and O–H groups in total. The van der Waals surface area contributed by atoms with Crippen LogP contribution in [-0.4, -0.2) is 71.6 Å². The number of piperazine rings is 1. The summed E-state index contributed by atoms with van der Waals surface area (Å²) >= 11 is 0. The topological polar surface area (TPSA) is 58.0 Å². The highest BCUT2D eigenvalue weighted by Gasteiger charge is 2.37. The minimum Gasteiger partial charge on any atom is -0.373 e. The van der Waals surface area contributed by atoms with Crippen molar-refractivity contribution in [3.05, 3.63) is 126 Å². The summed E-state index contributed by atoms with van der Waals surface area (Å²) in [5.41, 5.74) is 4.52. The SMILES string of the molecule is C=CCN1CCN(C(=O)c2ccc3n2Cc2ccccc2N(C(=O)C2=CC(C)(OC)C(c4ccccc4)C=C2)C3)CC1. The molecule has 3 heterocycles. The van der Waals surface area contributed by atoms with Crippen LogP contribution >= 0.6 is 0 Å². The van der Waals surface area contributed by atoms with Gasteiger partial charge in [0.1, 0.15) is 5.69 Å². The Kier molecular flexibility index (Phi) is 7.71. The fraction of sp³-hybridized carbons (Fsp3) is 0.314. The highest BCUT2D eigenvalue weighted by atomic mass is 16.5. The van der Waals surface area contributed by atoms with E-state index < -0.39 is 5.60 Å². The van der Waals surface area contributed by atoms with E-state index >= 15 is 0 Å². The van der Waals surface area contributed by atoms with Crippen molar-refractivity contribution in [1.82, 2.24) is 14.4 Å². The molecule has 2 atom stereocenters. The van der Waals surface area contributed by atoms with Crippen LogP contribution in [0, 0.1) is 0 Å². The van der Waals surface area contributed by atoms with E-state index in [-0.39, 0.29) is 17.7 Å². The molecular formula is C35H38N4O3. The molecule has 2 aliphatic heterocycles. The van der Waals surface area contributed by atoms with E-state index in [1.807, 2.05) is 89.5 Å². The third kappa shape index (κ3) is 5.14. The van der Waals surface area contributed by atoms with Crippen LogP contribution in [0.25, 0.3) is 0 Å². The van der Waals surface area contributed by atoms with Gasteiger partial charge in [-0.15, -0.1) is 6.58 Å². The van der Waals surface area contributed by atoms with Crippen molar-refractivity contribution in [1.29, 1.82) is 0 Å². The van der Waals surface area contributed by atoms with Crippen molar-refractivity contribution in [3.8, 4) is 0 Å². The number of carbonyl (C=O) groups is 2. The van der Waals surface area contributed by atoms with Crippen LogP contribution in [-0.2, 0) is 22.6 Å². The Morgan fingerprint density at radius 3 is 2.43 bits per heavy atom. The molecular weight excluding hydrogens is 524 g/mol. The van der Waals surface area contributed by atoms with Crippen LogP contribution in [0.1, 0.15) is 40.2 Å². The van der Waals surface area contributed by atoms with Crippen LogP contribution in [0.15, 0.2) is 103 Å². The second-order valence-corrected chi connectivity index (χ2v) is 11.4. The van der Waals surface area contributed by atoms with Crippen molar-refractivity contribution in [2.45, 2.75) is 31.5 Å². The van der Waals surface area contributed by atoms with Gasteiger partial charge in [-0.2, -0.15) is 0 Å². The minimum atomic E-state index is -0.679. The summed E-state index contributed by atoms with van der Waals surface area (Å²) in [6, 6.07) is 22.1. The molecule has 3 aromatic rings. The Labute approximate surface area is 248 Å². The second-order valence-electron chi connectivity index (χ2n) is 11.4. The number of ether oxygens (including phenoxy) is 1. The molecule has 0 spiro atoms. The molecule has 42 heavy (non-hydrogen) atoms. The molecule has 0 bridgehead atoms. The predicted octanol–water partition coefficient (Wildman–Crippen LogP) is 5.01. The molecule has 1 fully saturated rings. The summed E-state index contributed by atoms with van der Waals surface area (Å²) in [6.45, 7) is 10.7. The lowest BCUT2D eigenvalue weighted by Crippen LogP contribution is -2.49. The van der Waals surface area contributed by atoms with E-state index in [0.717, 1.165) is 42.1 Å². The second kappa shape index (κ2) is 11.6. The molecule has 0 radical (unpaired) electrons. The summed E-state index contributed by atoms with van der Waals surface area (Å²) in [4.78, 5) is 34.0. The van der Waals surface area contributed by atoms with E-state index in [0.29, 0.717) is 37.4 Å². The molecule has 6 rings (SSSR count). The normalized spacial score (nSPS) is 22.1. The Morgan fingerprint density at radius 2 is 1.69 bits per heavy atom. The Bertz CT molecular complexity index is 1550. The van der Waals surface area contributed by atoms with E-state index in [2.05, 4.69) is 34.3 Å². The first-order chi connectivity index (χ1) is 20.4. The molecule has 2 aromatic carbocycles. The number of para-hydroxylation sites is 1. The van der Waals surface area contributed by atoms with Gasteiger partial charge in [0.2, 0.25) is 0 Å². The first-order valence-corrected chi connectivity index (χ1v) is 14.6. The molecule has 1 aromatic heterocycles. The zero-order chi connectivity index (χ0) is 29.3. The first-order valence-electron chi connectivity index (χ1n) is 14.6. The molecule has 1 aliphatic carbocycles. The van der Waals surface area contributed by atoms with Gasteiger partial charge in [0.25, 0.3) is 11.8 Å². The average molecular weight is 563 g/mol. The van der Waals surface area contributed by atoms with Crippen LogP contribution in [0.2, 0.25) is 0 Å². The quantitative estimate of drug-likeness (QED) is 0.397. The van der Waals surface area contributed by atoms with Gasteiger partial charge < -0.3 is 19.1 Å². The summed E-state index contributed by atoms with van der Waals surface area (Å²) in [5.74, 6) is -0.0621. The molecule has 216 valence electrons. The van der Waals surface area contributed by atoms with Crippen molar-refractivity contribution in [2.24, 2.45) is 0 Å². The number of amides is 2. The standard InChI is InChI=1S/C35H38N4O3/c1-4-18-36-19-21-37(22-20-36)34(41)32-17-15-29-25-39(31-13-9-8-12-28(31)24-38(29)32)33(40)27-14-16-30(35(2,23-27)42-3)26-10-6-5-7-11-26/h4-17,23,30H,1,18-22,24-25H2,2-3H3. The zero-order valence-corrected chi connectivity index (χ0v) is 24.4. The highest BCUT2D eigenvalue weighted by Crippen LogP contribution is 2.39. The van der Waals surface area contributed by atoms with Gasteiger partial charge in [0.05, 0.1) is 18.7 Å². The maximum Gasteiger partial charge on any atom is 0.270 e. The Morgan fingerprint density at radius 1 is 0.952 bits per heavy atom. The molecule has 2 unspecified atom stereocenters. The third-order valence-corrected chi connectivity index (χ3v) is 8.89. The van der Waals surface area contributed by atoms with Crippen LogP contribution < -0.4 is 4.90 Å². The number of benzene rings is 2. The van der Waals surface area contributed by atoms with Crippen molar-refractivity contribution < 1.29 is 14.3 Å². The summed E-state index contributed by atoms with van der Waals surface area (Å²) in [7, 11) is 1.69. The summed E-state index contributed by atoms with van der Waals surface area (Å²) < 4.78 is 8.10. The van der Waals surface area contributed by atoms with E-state index in [1.165, 1.54) is 0 Å². The zero-order valence-electron chi connectivity index (χ0n) is 24.4. The molecule has 0 saturated carbocycles. The van der Waals surface area contributed by atoms with Crippen LogP contribution in [0.3, 0.4) is 0 Å². The fourth-order valence-corrected chi connectivity index (χ4v) is 6.42. The Balaban J connectivity index is 1.29. The van der Waals surface area contributed by atoms with Gasteiger partial charge in [0, 0.05) is 62.7 Å². The average Bonchev–Trinajstić information content (AvgIpc) is 3.34. The van der Waals surface area contributed by atoms with E-state index in [4.69, 9.17) is 4.74 Å². The monoisotopic (exact) mass is 562 g/mol. The molecule has 1 saturated heterocycles. The number of aromatic nitrogens is 1. The lowest BCUT2D eigenvalue weighted by atomic mass is 9.78. The molecule has 2 amide bonds. The number of carbonyl (C=O) groups excluding carboxylic acids is 2. The van der Waals surface area contributed by atoms with Crippen molar-refractivity contribution in [3.63, 3.8) is 0 Å². The largest absolute Gasteiger partial charge is 0.373 e. The number of rotatable bonds is 6. The van der Waals surface area contributed by atoms with Gasteiger partial charge in [0.15, 0.2) is 0 Å². The number of methoxy groups -OCH3 is 1. The third-order valence-electron chi connectivity index (χ3n) is 8.89. The lowest BCUT2D eigenvalue weighted by molar-refractivity contribution is -0.115. The summed E-state index contributed by atoms with van der Waals surface area (Å²) in [6.07, 6.45) is 7.87. The maximum atomic E-state index is 14.3. The van der Waals surface area contributed by atoms with Gasteiger partial charge in [-0.1, -0.05) is 66.8 Å². The van der Waals surface area contributed by atoms with E-state index in [9.17, 15) is 9.59 Å². The molecule has 7 nitrogen and oxygen atoms in total. The first kappa shape index (κ1) is 27.9. The predicted molar refractivity (Wildman–Crippen MR) is 166 cm³/mol. The number of hydrogen-bond donors (Lipinski definition) is 0. The van der Waals surface area contributed by atoms with Crippen molar-refractivity contribution in [2.75, 3.05) is 44.7 Å². The molecule has 7 heteroatoms. The smallest absolute Gasteiger partial charge is 0.270 e. The number of anilines is 1. The molecule has 3 aliphatic rings. The fourth-order valence-electron chi connectivity index (χ4n) is 6.42. The van der Waals surface area contributed by atoms with Gasteiger partial charge in [-0.05, 0) is 42.3 Å². The van der Waals surface area contributed by atoms with Gasteiger partial charge in [-0.3, -0.25) is 14.5 Å². The van der Waals surface area contributed by atoms with Crippen LogP contribution in [0.4, 0.5) is 5.69 Å². The number of nitrogens with zero attached hydrogens (tertiary/aromatic N) is 4. The van der Waals surface area contributed by atoms with Crippen molar-refractivity contribution >= 4 is 17.5 Å². The Hall–Kier alpha value is -4.20. The lowest BCUT2D eigenvalue weighted by Gasteiger charge is -2.36. The number of fused-ring (bicyclic) bond motifs is 2. The minimum absolute atomic E-state index is 0.0129. The van der Waals surface area contributed by atoms with Crippen LogP contribution in [0.5, 0.6) is 0 Å². The van der Waals surface area contributed by atoms with Gasteiger partial charge in [-0.25, -0.2) is 0 Å². The highest BCUT2D eigenvalue weighted by molar-refractivity contribution is 6.08.